The zero-order valence-electron chi connectivity index (χ0n) is 16.7. The van der Waals surface area contributed by atoms with E-state index in [-0.39, 0.29) is 11.5 Å². The molecule has 1 atom stereocenters. The van der Waals surface area contributed by atoms with Gasteiger partial charge in [-0.1, -0.05) is 53.7 Å². The molecule has 10 heteroatoms. The lowest BCUT2D eigenvalue weighted by Crippen LogP contribution is -2.28. The van der Waals surface area contributed by atoms with Crippen molar-refractivity contribution < 1.29 is 9.72 Å². The van der Waals surface area contributed by atoms with Crippen molar-refractivity contribution in [2.75, 3.05) is 5.32 Å². The third-order valence-electron chi connectivity index (χ3n) is 4.96. The van der Waals surface area contributed by atoms with Crippen molar-refractivity contribution in [3.05, 3.63) is 86.1 Å². The molecule has 1 aliphatic rings. The molecule has 0 amide bonds. The van der Waals surface area contributed by atoms with Crippen LogP contribution < -0.4 is 5.32 Å². The maximum absolute atomic E-state index is 12.5. The van der Waals surface area contributed by atoms with Crippen molar-refractivity contribution in [1.29, 1.82) is 0 Å². The van der Waals surface area contributed by atoms with E-state index in [0.29, 0.717) is 38.7 Å². The first-order chi connectivity index (χ1) is 14.9. The van der Waals surface area contributed by atoms with Crippen LogP contribution in [0.2, 0.25) is 5.02 Å². The fraction of sp³-hybridized carbons (Fsp3) is 0.190. The molecule has 0 bridgehead atoms. The van der Waals surface area contributed by atoms with E-state index in [1.807, 2.05) is 24.3 Å². The summed E-state index contributed by atoms with van der Waals surface area (Å²) in [6, 6.07) is 13.1. The first-order valence-corrected chi connectivity index (χ1v) is 10.8. The van der Waals surface area contributed by atoms with E-state index in [1.54, 1.807) is 29.8 Å². The number of Topliss-reactive ketones (excluding diaryl/α,β-unsaturated/α-hetero) is 1. The van der Waals surface area contributed by atoms with Gasteiger partial charge >= 0.3 is 0 Å². The van der Waals surface area contributed by atoms with Crippen LogP contribution in [0, 0.1) is 10.1 Å². The normalized spacial score (nSPS) is 15.4. The second-order valence-electron chi connectivity index (χ2n) is 6.98. The van der Waals surface area contributed by atoms with Crippen LogP contribution in [0.4, 0.5) is 11.6 Å². The predicted molar refractivity (Wildman–Crippen MR) is 119 cm³/mol. The highest BCUT2D eigenvalue weighted by atomic mass is 35.5. The van der Waals surface area contributed by atoms with Crippen LogP contribution in [0.5, 0.6) is 0 Å². The predicted octanol–water partition coefficient (Wildman–Crippen LogP) is 5.01. The van der Waals surface area contributed by atoms with Gasteiger partial charge in [0, 0.05) is 28.1 Å². The van der Waals surface area contributed by atoms with Crippen molar-refractivity contribution in [2.24, 2.45) is 0 Å². The number of carbonyl (C=O) groups is 1. The maximum atomic E-state index is 12.5. The van der Waals surface area contributed by atoms with Gasteiger partial charge in [0.2, 0.25) is 11.1 Å². The van der Waals surface area contributed by atoms with Crippen LogP contribution in [-0.2, 0) is 10.5 Å². The number of anilines is 1. The van der Waals surface area contributed by atoms with Gasteiger partial charge in [0.15, 0.2) is 5.78 Å². The van der Waals surface area contributed by atoms with E-state index in [2.05, 4.69) is 15.4 Å². The number of carbonyl (C=O) groups excluding carboxylic acids is 1. The number of benzene rings is 2. The number of halogens is 1. The molecule has 0 aliphatic carbocycles. The molecule has 0 saturated carbocycles. The number of nitro groups is 1. The molecule has 2 aromatic carbocycles. The van der Waals surface area contributed by atoms with Gasteiger partial charge in [-0.3, -0.25) is 14.9 Å². The van der Waals surface area contributed by atoms with Gasteiger partial charge in [0.05, 0.1) is 10.5 Å². The van der Waals surface area contributed by atoms with Crippen LogP contribution in [0.15, 0.2) is 65.0 Å². The Morgan fingerprint density at radius 3 is 2.68 bits per heavy atom. The highest BCUT2D eigenvalue weighted by molar-refractivity contribution is 7.98. The Bertz CT molecular complexity index is 1220. The molecule has 1 unspecified atom stereocenters. The Hall–Kier alpha value is -3.17. The average Bonchev–Trinajstić information content (AvgIpc) is 3.14. The van der Waals surface area contributed by atoms with E-state index in [4.69, 9.17) is 11.6 Å². The summed E-state index contributed by atoms with van der Waals surface area (Å²) in [4.78, 5) is 28.2. The number of nitrogens with zero attached hydrogens (tertiary/aromatic N) is 4. The summed E-state index contributed by atoms with van der Waals surface area (Å²) in [5.41, 5.74) is 2.26. The van der Waals surface area contributed by atoms with E-state index in [0.717, 1.165) is 5.56 Å². The minimum atomic E-state index is -0.752. The third kappa shape index (κ3) is 4.06. The molecule has 1 aliphatic heterocycles. The Labute approximate surface area is 187 Å². The van der Waals surface area contributed by atoms with Crippen molar-refractivity contribution in [3.8, 4) is 0 Å². The molecule has 0 radical (unpaired) electrons. The molecular weight excluding hydrogens is 438 g/mol. The van der Waals surface area contributed by atoms with Crippen molar-refractivity contribution >= 4 is 40.8 Å². The van der Waals surface area contributed by atoms with E-state index in [9.17, 15) is 14.9 Å². The first kappa shape index (κ1) is 21.1. The van der Waals surface area contributed by atoms with Gasteiger partial charge in [-0.25, -0.2) is 4.68 Å². The highest BCUT2D eigenvalue weighted by Crippen LogP contribution is 2.40. The topological polar surface area (TPSA) is 103 Å². The summed E-state index contributed by atoms with van der Waals surface area (Å²) in [6.07, 6.45) is 0. The second kappa shape index (κ2) is 8.52. The number of thioether (sulfide) groups is 1. The second-order valence-corrected chi connectivity index (χ2v) is 8.33. The molecule has 158 valence electrons. The molecule has 2 heterocycles. The van der Waals surface area contributed by atoms with Crippen molar-refractivity contribution in [3.63, 3.8) is 0 Å². The average molecular weight is 456 g/mol. The number of ketones is 1. The monoisotopic (exact) mass is 455 g/mol. The fourth-order valence-corrected chi connectivity index (χ4v) is 4.69. The molecule has 31 heavy (non-hydrogen) atoms. The molecule has 3 aromatic rings. The summed E-state index contributed by atoms with van der Waals surface area (Å²) in [6.45, 7) is 3.20. The minimum Gasteiger partial charge on any atom is -0.328 e. The zero-order chi connectivity index (χ0) is 22.1. The number of nitrogens with one attached hydrogen (secondary N) is 1. The Morgan fingerprint density at radius 2 is 1.97 bits per heavy atom. The van der Waals surface area contributed by atoms with Gasteiger partial charge in [0.1, 0.15) is 6.04 Å². The molecule has 1 aromatic heterocycles. The number of fused-ring (bicyclic) bond motifs is 1. The van der Waals surface area contributed by atoms with Crippen molar-refractivity contribution in [1.82, 2.24) is 14.8 Å². The largest absolute Gasteiger partial charge is 0.328 e. The summed E-state index contributed by atoms with van der Waals surface area (Å²) in [7, 11) is 0. The zero-order valence-corrected chi connectivity index (χ0v) is 18.3. The number of para-hydroxylation sites is 1. The van der Waals surface area contributed by atoms with E-state index < -0.39 is 11.0 Å². The maximum Gasteiger partial charge on any atom is 0.275 e. The van der Waals surface area contributed by atoms with Crippen molar-refractivity contribution in [2.45, 2.75) is 30.8 Å². The third-order valence-corrected chi connectivity index (χ3v) is 6.21. The lowest BCUT2D eigenvalue weighted by Gasteiger charge is -2.27. The molecule has 8 nitrogen and oxygen atoms in total. The summed E-state index contributed by atoms with van der Waals surface area (Å²) < 4.78 is 1.54. The number of aromatic nitrogens is 3. The van der Waals surface area contributed by atoms with E-state index in [1.165, 1.54) is 24.8 Å². The van der Waals surface area contributed by atoms with E-state index >= 15 is 0 Å². The van der Waals surface area contributed by atoms with Crippen LogP contribution in [-0.4, -0.2) is 25.5 Å². The van der Waals surface area contributed by atoms with Gasteiger partial charge < -0.3 is 5.32 Å². The summed E-state index contributed by atoms with van der Waals surface area (Å²) >= 11 is 7.63. The number of allylic oxidation sites excluding steroid dienone is 2. The van der Waals surface area contributed by atoms with Crippen LogP contribution in [0.1, 0.15) is 31.0 Å². The number of rotatable bonds is 6. The van der Waals surface area contributed by atoms with Crippen LogP contribution in [0.3, 0.4) is 0 Å². The van der Waals surface area contributed by atoms with Gasteiger partial charge in [-0.15, -0.1) is 5.10 Å². The van der Waals surface area contributed by atoms with Crippen LogP contribution >= 0.6 is 23.4 Å². The lowest BCUT2D eigenvalue weighted by atomic mass is 9.92. The molecule has 4 rings (SSSR count). The summed E-state index contributed by atoms with van der Waals surface area (Å²) in [5.74, 6) is 0.789. The Balaban J connectivity index is 1.76. The molecule has 0 saturated heterocycles. The molecule has 0 fully saturated rings. The first-order valence-electron chi connectivity index (χ1n) is 9.41. The Kier molecular flexibility index (Phi) is 5.79. The highest BCUT2D eigenvalue weighted by Gasteiger charge is 2.36. The number of hydrogen-bond donors (Lipinski definition) is 1. The number of hydrogen-bond acceptors (Lipinski definition) is 7. The quantitative estimate of drug-likeness (QED) is 0.316. The molecular formula is C21H18ClN5O3S. The SMILES string of the molecule is CC(=O)C1=C(C)Nc2nc(SCc3ccccc3Cl)nn2C1c1ccccc1[N+](=O)[O-]. The van der Waals surface area contributed by atoms with Gasteiger partial charge in [-0.2, -0.15) is 4.98 Å². The van der Waals surface area contributed by atoms with Crippen LogP contribution in [0.25, 0.3) is 0 Å². The summed E-state index contributed by atoms with van der Waals surface area (Å²) in [5, 5.41) is 20.5. The smallest absolute Gasteiger partial charge is 0.275 e. The molecule has 1 N–H and O–H groups in total. The number of nitro benzene ring substituents is 1. The van der Waals surface area contributed by atoms with Gasteiger partial charge in [0.25, 0.3) is 5.69 Å². The fourth-order valence-electron chi connectivity index (χ4n) is 3.58. The lowest BCUT2D eigenvalue weighted by molar-refractivity contribution is -0.385. The minimum absolute atomic E-state index is 0.0762. The standard InChI is InChI=1S/C21H18ClN5O3S/c1-12-18(13(2)28)19(15-8-4-6-10-17(15)27(29)30)26-20(23-12)24-21(25-26)31-11-14-7-3-5-9-16(14)22/h3-10,19H,11H2,1-2H3,(H,23,24,25). The Morgan fingerprint density at radius 1 is 1.26 bits per heavy atom. The molecule has 0 spiro atoms. The van der Waals surface area contributed by atoms with Gasteiger partial charge in [-0.05, 0) is 31.5 Å².